The molecule has 1 N–H and O–H groups in total. The highest BCUT2D eigenvalue weighted by atomic mass is 32.2. The van der Waals surface area contributed by atoms with Crippen LogP contribution in [0.3, 0.4) is 0 Å². The fourth-order valence-corrected chi connectivity index (χ4v) is 4.65. The van der Waals surface area contributed by atoms with Crippen molar-refractivity contribution in [3.8, 4) is 0 Å². The first-order chi connectivity index (χ1) is 15.7. The Morgan fingerprint density at radius 1 is 0.697 bits per heavy atom. The van der Waals surface area contributed by atoms with Gasteiger partial charge in [0.2, 0.25) is 0 Å². The second-order valence-electron chi connectivity index (χ2n) is 9.41. The van der Waals surface area contributed by atoms with E-state index in [0.717, 1.165) is 12.0 Å². The molecule has 0 aromatic heterocycles. The maximum atomic E-state index is 10.4. The minimum absolute atomic E-state index is 0.178. The SMILES string of the molecule is CCCCCC[N+](CCCC)(CCCCO)CCCCCC.Cc1ccc(S(=O)(=O)[O-])cc1. The van der Waals surface area contributed by atoms with Gasteiger partial charge in [-0.2, -0.15) is 0 Å². The van der Waals surface area contributed by atoms with Gasteiger partial charge in [0.15, 0.2) is 0 Å². The van der Waals surface area contributed by atoms with Gasteiger partial charge < -0.3 is 14.1 Å². The van der Waals surface area contributed by atoms with Gasteiger partial charge in [0.05, 0.1) is 31.1 Å². The van der Waals surface area contributed by atoms with Gasteiger partial charge >= 0.3 is 0 Å². The first-order valence-corrected chi connectivity index (χ1v) is 14.6. The molecule has 6 heteroatoms. The second-order valence-corrected chi connectivity index (χ2v) is 10.8. The molecule has 1 aromatic rings. The molecule has 0 saturated carbocycles. The van der Waals surface area contributed by atoms with Gasteiger partial charge in [-0.25, -0.2) is 8.42 Å². The molecule has 5 nitrogen and oxygen atoms in total. The smallest absolute Gasteiger partial charge is 0.124 e. The zero-order valence-corrected chi connectivity index (χ0v) is 22.7. The van der Waals surface area contributed by atoms with Crippen molar-refractivity contribution in [3.05, 3.63) is 29.8 Å². The summed E-state index contributed by atoms with van der Waals surface area (Å²) >= 11 is 0. The van der Waals surface area contributed by atoms with Crippen molar-refractivity contribution in [2.24, 2.45) is 0 Å². The van der Waals surface area contributed by atoms with Crippen LogP contribution < -0.4 is 0 Å². The van der Waals surface area contributed by atoms with E-state index in [9.17, 15) is 13.0 Å². The largest absolute Gasteiger partial charge is 0.744 e. The maximum Gasteiger partial charge on any atom is 0.124 e. The van der Waals surface area contributed by atoms with Crippen LogP contribution in [-0.2, 0) is 10.1 Å². The third-order valence-electron chi connectivity index (χ3n) is 6.31. The molecule has 194 valence electrons. The van der Waals surface area contributed by atoms with Gasteiger partial charge in [0.25, 0.3) is 0 Å². The van der Waals surface area contributed by atoms with E-state index in [-0.39, 0.29) is 4.90 Å². The molecule has 0 atom stereocenters. The lowest BCUT2D eigenvalue weighted by Gasteiger charge is -2.39. The van der Waals surface area contributed by atoms with Crippen LogP contribution in [0.25, 0.3) is 0 Å². The topological polar surface area (TPSA) is 77.4 Å². The van der Waals surface area contributed by atoms with E-state index in [1.165, 1.54) is 113 Å². The lowest BCUT2D eigenvalue weighted by molar-refractivity contribution is -0.929. The molecule has 0 aliphatic rings. The molecule has 0 bridgehead atoms. The summed E-state index contributed by atoms with van der Waals surface area (Å²) in [6, 6.07) is 5.78. The summed E-state index contributed by atoms with van der Waals surface area (Å²) in [6.45, 7) is 14.5. The first-order valence-electron chi connectivity index (χ1n) is 13.2. The quantitative estimate of drug-likeness (QED) is 0.147. The average Bonchev–Trinajstić information content (AvgIpc) is 2.78. The Morgan fingerprint density at radius 2 is 1.12 bits per heavy atom. The van der Waals surface area contributed by atoms with Gasteiger partial charge in [-0.1, -0.05) is 70.6 Å². The molecule has 0 heterocycles. The van der Waals surface area contributed by atoms with E-state index >= 15 is 0 Å². The number of nitrogens with zero attached hydrogens (tertiary/aromatic N) is 1. The molecular formula is C27H51NO4S. The number of aryl methyl sites for hydroxylation is 1. The van der Waals surface area contributed by atoms with Gasteiger partial charge in [-0.3, -0.25) is 0 Å². The standard InChI is InChI=1S/C20H44NO.C7H8O3S/c1-4-7-10-12-17-21(16-9-6-3,19-14-15-20-22)18-13-11-8-5-2;1-6-2-4-7(5-3-6)11(8,9)10/h22H,4-20H2,1-3H3;2-5H,1H3,(H,8,9,10)/q+1;/p-1. The van der Waals surface area contributed by atoms with E-state index in [1.807, 2.05) is 6.92 Å². The van der Waals surface area contributed by atoms with Crippen molar-refractivity contribution in [2.75, 3.05) is 32.8 Å². The highest BCUT2D eigenvalue weighted by Gasteiger charge is 2.25. The number of aliphatic hydroxyl groups is 1. The zero-order valence-electron chi connectivity index (χ0n) is 21.9. The maximum absolute atomic E-state index is 10.4. The number of benzene rings is 1. The number of aliphatic hydroxyl groups excluding tert-OH is 1. The van der Waals surface area contributed by atoms with Crippen molar-refractivity contribution in [3.63, 3.8) is 0 Å². The predicted octanol–water partition coefficient (Wildman–Crippen LogP) is 6.44. The van der Waals surface area contributed by atoms with E-state index in [4.69, 9.17) is 5.11 Å². The van der Waals surface area contributed by atoms with Gasteiger partial charge in [0, 0.05) is 6.61 Å². The van der Waals surface area contributed by atoms with E-state index in [2.05, 4.69) is 20.8 Å². The Balaban J connectivity index is 0.000000771. The third kappa shape index (κ3) is 16.3. The molecule has 0 amide bonds. The highest BCUT2D eigenvalue weighted by Crippen LogP contribution is 2.18. The summed E-state index contributed by atoms with van der Waals surface area (Å²) < 4.78 is 32.5. The molecule has 0 fully saturated rings. The van der Waals surface area contributed by atoms with Crippen LogP contribution in [0.1, 0.15) is 103 Å². The molecule has 0 unspecified atom stereocenters. The van der Waals surface area contributed by atoms with Crippen molar-refractivity contribution < 1.29 is 22.6 Å². The fourth-order valence-electron chi connectivity index (χ4n) is 4.18. The normalized spacial score (nSPS) is 11.8. The Labute approximate surface area is 204 Å². The van der Waals surface area contributed by atoms with Crippen LogP contribution in [0.2, 0.25) is 0 Å². The van der Waals surface area contributed by atoms with Crippen LogP contribution in [0.5, 0.6) is 0 Å². The molecule has 0 aliphatic heterocycles. The van der Waals surface area contributed by atoms with Crippen LogP contribution in [-0.4, -0.2) is 55.3 Å². The third-order valence-corrected chi connectivity index (χ3v) is 7.16. The monoisotopic (exact) mass is 485 g/mol. The van der Waals surface area contributed by atoms with Crippen molar-refractivity contribution in [1.82, 2.24) is 0 Å². The number of rotatable bonds is 18. The number of quaternary nitrogens is 1. The Kier molecular flexibility index (Phi) is 18.8. The van der Waals surface area contributed by atoms with Gasteiger partial charge in [-0.15, -0.1) is 0 Å². The average molecular weight is 486 g/mol. The van der Waals surface area contributed by atoms with E-state index < -0.39 is 10.1 Å². The van der Waals surface area contributed by atoms with Crippen LogP contribution in [0.15, 0.2) is 29.2 Å². The molecule has 0 radical (unpaired) electrons. The summed E-state index contributed by atoms with van der Waals surface area (Å²) in [5.41, 5.74) is 0.928. The molecule has 0 spiro atoms. The molecular weight excluding hydrogens is 434 g/mol. The molecule has 0 saturated heterocycles. The number of hydrogen-bond acceptors (Lipinski definition) is 4. The van der Waals surface area contributed by atoms with E-state index in [1.54, 1.807) is 12.1 Å². The molecule has 0 aliphatic carbocycles. The van der Waals surface area contributed by atoms with Crippen molar-refractivity contribution >= 4 is 10.1 Å². The summed E-state index contributed by atoms with van der Waals surface area (Å²) in [7, 11) is -4.27. The Hall–Kier alpha value is -0.950. The van der Waals surface area contributed by atoms with E-state index in [0.29, 0.717) is 6.61 Å². The molecule has 1 rings (SSSR count). The zero-order chi connectivity index (χ0) is 25.0. The van der Waals surface area contributed by atoms with Crippen LogP contribution in [0, 0.1) is 6.92 Å². The fraction of sp³-hybridized carbons (Fsp3) is 0.778. The van der Waals surface area contributed by atoms with Crippen LogP contribution in [0.4, 0.5) is 0 Å². The lowest BCUT2D eigenvalue weighted by Crippen LogP contribution is -2.50. The minimum atomic E-state index is -4.27. The molecule has 1 aromatic carbocycles. The first kappa shape index (κ1) is 32.0. The lowest BCUT2D eigenvalue weighted by atomic mass is 10.1. The minimum Gasteiger partial charge on any atom is -0.744 e. The molecule has 33 heavy (non-hydrogen) atoms. The van der Waals surface area contributed by atoms with Gasteiger partial charge in [0.1, 0.15) is 10.1 Å². The summed E-state index contributed by atoms with van der Waals surface area (Å²) in [5.74, 6) is 0. The van der Waals surface area contributed by atoms with Crippen molar-refractivity contribution in [1.29, 1.82) is 0 Å². The summed E-state index contributed by atoms with van der Waals surface area (Å²) in [6.07, 6.45) is 15.9. The summed E-state index contributed by atoms with van der Waals surface area (Å²) in [4.78, 5) is -0.178. The van der Waals surface area contributed by atoms with Crippen molar-refractivity contribution in [2.45, 2.75) is 110 Å². The highest BCUT2D eigenvalue weighted by molar-refractivity contribution is 7.85. The summed E-state index contributed by atoms with van der Waals surface area (Å²) in [5, 5.41) is 9.12. The predicted molar refractivity (Wildman–Crippen MR) is 138 cm³/mol. The Morgan fingerprint density at radius 3 is 1.52 bits per heavy atom. The Bertz CT molecular complexity index is 662. The van der Waals surface area contributed by atoms with Gasteiger partial charge in [-0.05, 0) is 64.0 Å². The number of unbranched alkanes of at least 4 members (excludes halogenated alkanes) is 8. The number of hydrogen-bond donors (Lipinski definition) is 1. The van der Waals surface area contributed by atoms with Crippen LogP contribution >= 0.6 is 0 Å². The second kappa shape index (κ2) is 19.4.